The topological polar surface area (TPSA) is 35.5 Å². The molecule has 24 heavy (non-hydrogen) atoms. The van der Waals surface area contributed by atoms with Crippen LogP contribution in [-0.2, 0) is 0 Å². The van der Waals surface area contributed by atoms with E-state index in [-0.39, 0.29) is 17.4 Å². The highest BCUT2D eigenvalue weighted by atomic mass is 19.1. The molecule has 0 N–H and O–H groups in total. The Kier molecular flexibility index (Phi) is 4.47. The van der Waals surface area contributed by atoms with E-state index in [9.17, 15) is 9.18 Å². The number of rotatable bonds is 4. The predicted molar refractivity (Wildman–Crippen MR) is 90.7 cm³/mol. The van der Waals surface area contributed by atoms with Gasteiger partial charge in [0, 0.05) is 6.07 Å². The summed E-state index contributed by atoms with van der Waals surface area (Å²) in [4.78, 5) is 12.4. The largest absolute Gasteiger partial charge is 0.489 e. The number of Topliss-reactive ketones (excluding diaryl/α,β-unsaturated/α-hetero) is 1. The third kappa shape index (κ3) is 3.54. The van der Waals surface area contributed by atoms with Crippen molar-refractivity contribution in [3.8, 4) is 11.5 Å². The molecular weight excluding hydrogens is 307 g/mol. The summed E-state index contributed by atoms with van der Waals surface area (Å²) in [6.45, 7) is 4.47. The molecule has 4 heteroatoms. The second-order valence-electron chi connectivity index (χ2n) is 5.74. The summed E-state index contributed by atoms with van der Waals surface area (Å²) in [6.07, 6.45) is 3.57. The Morgan fingerprint density at radius 1 is 1.17 bits per heavy atom. The average Bonchev–Trinajstić information content (AvgIpc) is 2.85. The lowest BCUT2D eigenvalue weighted by Crippen LogP contribution is -1.98. The molecule has 0 aromatic heterocycles. The number of hydrogen-bond acceptors (Lipinski definition) is 3. The maximum atomic E-state index is 13.0. The van der Waals surface area contributed by atoms with E-state index < -0.39 is 0 Å². The van der Waals surface area contributed by atoms with Crippen molar-refractivity contribution in [2.45, 2.75) is 13.8 Å². The van der Waals surface area contributed by atoms with Crippen LogP contribution in [0.15, 0.2) is 59.9 Å². The summed E-state index contributed by atoms with van der Waals surface area (Å²) in [5.74, 6) is 0.825. The molecular formula is C20H17FO3. The molecule has 0 fully saturated rings. The number of fused-ring (bicyclic) bond motifs is 1. The van der Waals surface area contributed by atoms with Gasteiger partial charge in [0.05, 0.1) is 5.56 Å². The fraction of sp³-hybridized carbons (Fsp3) is 0.150. The van der Waals surface area contributed by atoms with E-state index in [1.807, 2.05) is 19.9 Å². The number of benzene rings is 2. The van der Waals surface area contributed by atoms with E-state index in [0.29, 0.717) is 29.2 Å². The fourth-order valence-electron chi connectivity index (χ4n) is 2.27. The number of ether oxygens (including phenoxy) is 2. The van der Waals surface area contributed by atoms with Crippen LogP contribution in [0, 0.1) is 5.82 Å². The van der Waals surface area contributed by atoms with E-state index in [1.54, 1.807) is 36.4 Å². The number of carbonyl (C=O) groups excluding carboxylic acids is 1. The molecule has 0 atom stereocenters. The van der Waals surface area contributed by atoms with Gasteiger partial charge in [-0.2, -0.15) is 0 Å². The highest BCUT2D eigenvalue weighted by Gasteiger charge is 2.27. The SMILES string of the molecule is CC(C)=CCOc1ccc2c(c1)OC(=Cc1ccc(F)cc1)C2=O. The van der Waals surface area contributed by atoms with Crippen molar-refractivity contribution in [1.29, 1.82) is 0 Å². The highest BCUT2D eigenvalue weighted by Crippen LogP contribution is 2.34. The average molecular weight is 324 g/mol. The van der Waals surface area contributed by atoms with Crippen molar-refractivity contribution in [2.75, 3.05) is 6.61 Å². The normalized spacial score (nSPS) is 14.3. The molecule has 3 rings (SSSR count). The summed E-state index contributed by atoms with van der Waals surface area (Å²) in [5, 5.41) is 0. The van der Waals surface area contributed by atoms with E-state index in [1.165, 1.54) is 17.7 Å². The van der Waals surface area contributed by atoms with Gasteiger partial charge in [-0.1, -0.05) is 17.7 Å². The zero-order valence-electron chi connectivity index (χ0n) is 13.5. The molecule has 0 unspecified atom stereocenters. The third-order valence-corrected chi connectivity index (χ3v) is 3.55. The van der Waals surface area contributed by atoms with E-state index in [4.69, 9.17) is 9.47 Å². The molecule has 0 saturated heterocycles. The Morgan fingerprint density at radius 2 is 1.92 bits per heavy atom. The number of halogens is 1. The quantitative estimate of drug-likeness (QED) is 0.599. The van der Waals surface area contributed by atoms with Gasteiger partial charge in [0.1, 0.15) is 23.9 Å². The molecule has 0 spiro atoms. The summed E-state index contributed by atoms with van der Waals surface area (Å²) >= 11 is 0. The molecule has 0 bridgehead atoms. The first-order chi connectivity index (χ1) is 11.5. The fourth-order valence-corrected chi connectivity index (χ4v) is 2.27. The minimum absolute atomic E-state index is 0.190. The van der Waals surface area contributed by atoms with Crippen molar-refractivity contribution in [3.05, 3.63) is 76.8 Å². The predicted octanol–water partition coefficient (Wildman–Crippen LogP) is 4.79. The second-order valence-corrected chi connectivity index (χ2v) is 5.74. The van der Waals surface area contributed by atoms with Crippen molar-refractivity contribution in [2.24, 2.45) is 0 Å². The van der Waals surface area contributed by atoms with Crippen LogP contribution >= 0.6 is 0 Å². The van der Waals surface area contributed by atoms with Gasteiger partial charge in [0.2, 0.25) is 5.78 Å². The molecule has 0 aliphatic carbocycles. The lowest BCUT2D eigenvalue weighted by molar-refractivity contribution is 0.101. The minimum atomic E-state index is -0.322. The highest BCUT2D eigenvalue weighted by molar-refractivity contribution is 6.14. The monoisotopic (exact) mass is 324 g/mol. The standard InChI is InChI=1S/C20H17FO3/c1-13(2)9-10-23-16-7-8-17-18(12-16)24-19(20(17)22)11-14-3-5-15(21)6-4-14/h3-9,11-12H,10H2,1-2H3. The molecule has 122 valence electrons. The molecule has 1 heterocycles. The van der Waals surface area contributed by atoms with Gasteiger partial charge >= 0.3 is 0 Å². The van der Waals surface area contributed by atoms with Crippen LogP contribution in [0.1, 0.15) is 29.8 Å². The summed E-state index contributed by atoms with van der Waals surface area (Å²) in [5.41, 5.74) is 2.37. The van der Waals surface area contributed by atoms with Gasteiger partial charge in [-0.25, -0.2) is 4.39 Å². The number of carbonyl (C=O) groups is 1. The smallest absolute Gasteiger partial charge is 0.231 e. The third-order valence-electron chi connectivity index (χ3n) is 3.55. The summed E-state index contributed by atoms with van der Waals surface area (Å²) in [6, 6.07) is 11.0. The van der Waals surface area contributed by atoms with E-state index >= 15 is 0 Å². The van der Waals surface area contributed by atoms with Crippen molar-refractivity contribution in [3.63, 3.8) is 0 Å². The Hall–Kier alpha value is -2.88. The lowest BCUT2D eigenvalue weighted by atomic mass is 10.1. The van der Waals surface area contributed by atoms with Crippen LogP contribution in [0.25, 0.3) is 6.08 Å². The van der Waals surface area contributed by atoms with Gasteiger partial charge < -0.3 is 9.47 Å². The van der Waals surface area contributed by atoms with Gasteiger partial charge in [-0.15, -0.1) is 0 Å². The Morgan fingerprint density at radius 3 is 2.62 bits per heavy atom. The van der Waals surface area contributed by atoms with Crippen LogP contribution < -0.4 is 9.47 Å². The molecule has 0 saturated carbocycles. The van der Waals surface area contributed by atoms with E-state index in [2.05, 4.69) is 0 Å². The number of allylic oxidation sites excluding steroid dienone is 2. The van der Waals surface area contributed by atoms with Crippen LogP contribution in [0.3, 0.4) is 0 Å². The first-order valence-corrected chi connectivity index (χ1v) is 7.63. The summed E-state index contributed by atoms with van der Waals surface area (Å²) in [7, 11) is 0. The Bertz CT molecular complexity index is 828. The van der Waals surface area contributed by atoms with Crippen molar-refractivity contribution in [1.82, 2.24) is 0 Å². The Labute approximate surface area is 140 Å². The number of ketones is 1. The van der Waals surface area contributed by atoms with Gasteiger partial charge in [-0.05, 0) is 55.8 Å². The van der Waals surface area contributed by atoms with Crippen molar-refractivity contribution < 1.29 is 18.7 Å². The lowest BCUT2D eigenvalue weighted by Gasteiger charge is -2.05. The maximum absolute atomic E-state index is 13.0. The number of hydrogen-bond donors (Lipinski definition) is 0. The molecule has 0 radical (unpaired) electrons. The molecule has 2 aromatic carbocycles. The maximum Gasteiger partial charge on any atom is 0.231 e. The molecule has 3 nitrogen and oxygen atoms in total. The first-order valence-electron chi connectivity index (χ1n) is 7.63. The van der Waals surface area contributed by atoms with Gasteiger partial charge in [-0.3, -0.25) is 4.79 Å². The van der Waals surface area contributed by atoms with Gasteiger partial charge in [0.25, 0.3) is 0 Å². The van der Waals surface area contributed by atoms with Crippen LogP contribution in [0.5, 0.6) is 11.5 Å². The van der Waals surface area contributed by atoms with Crippen LogP contribution in [0.2, 0.25) is 0 Å². The molecule has 1 aliphatic rings. The van der Waals surface area contributed by atoms with E-state index in [0.717, 1.165) is 0 Å². The summed E-state index contributed by atoms with van der Waals surface area (Å²) < 4.78 is 24.2. The first kappa shape index (κ1) is 16.0. The molecule has 2 aromatic rings. The zero-order chi connectivity index (χ0) is 17.1. The van der Waals surface area contributed by atoms with Crippen molar-refractivity contribution >= 4 is 11.9 Å². The van der Waals surface area contributed by atoms with Crippen LogP contribution in [-0.4, -0.2) is 12.4 Å². The molecule has 0 amide bonds. The molecule has 1 aliphatic heterocycles. The minimum Gasteiger partial charge on any atom is -0.489 e. The Balaban J connectivity index is 1.79. The van der Waals surface area contributed by atoms with Crippen LogP contribution in [0.4, 0.5) is 4.39 Å². The second kappa shape index (κ2) is 6.71. The zero-order valence-corrected chi connectivity index (χ0v) is 13.5. The van der Waals surface area contributed by atoms with Gasteiger partial charge in [0.15, 0.2) is 5.76 Å².